The Morgan fingerprint density at radius 3 is 3.05 bits per heavy atom. The van der Waals surface area contributed by atoms with Crippen molar-refractivity contribution in [1.29, 1.82) is 0 Å². The topological polar surface area (TPSA) is 39.7 Å². The van der Waals surface area contributed by atoms with Crippen LogP contribution in [0.25, 0.3) is 0 Å². The van der Waals surface area contributed by atoms with Crippen LogP contribution < -0.4 is 14.8 Å². The van der Waals surface area contributed by atoms with Gasteiger partial charge in [0.2, 0.25) is 0 Å². The smallest absolute Gasteiger partial charge is 0.124 e. The van der Waals surface area contributed by atoms with Crippen LogP contribution in [0.3, 0.4) is 0 Å². The fourth-order valence-corrected chi connectivity index (χ4v) is 3.00. The summed E-state index contributed by atoms with van der Waals surface area (Å²) >= 11 is 0. The van der Waals surface area contributed by atoms with E-state index in [0.29, 0.717) is 12.1 Å². The molecule has 110 valence electrons. The monoisotopic (exact) mass is 277 g/mol. The summed E-state index contributed by atoms with van der Waals surface area (Å²) in [4.78, 5) is 0. The molecular weight excluding hydrogens is 254 g/mol. The van der Waals surface area contributed by atoms with Crippen LogP contribution in [-0.4, -0.2) is 33.0 Å². The lowest BCUT2D eigenvalue weighted by atomic mass is 10.00. The fraction of sp³-hybridized carbons (Fsp3) is 0.625. The number of hydrogen-bond donors (Lipinski definition) is 1. The van der Waals surface area contributed by atoms with Gasteiger partial charge in [-0.2, -0.15) is 0 Å². The van der Waals surface area contributed by atoms with Crippen LogP contribution in [0.1, 0.15) is 37.3 Å². The summed E-state index contributed by atoms with van der Waals surface area (Å²) in [5.74, 6) is 1.87. The molecule has 0 spiro atoms. The highest BCUT2D eigenvalue weighted by molar-refractivity contribution is 5.43. The second-order valence-corrected chi connectivity index (χ2v) is 5.47. The zero-order valence-electron chi connectivity index (χ0n) is 12.1. The molecule has 3 rings (SSSR count). The summed E-state index contributed by atoms with van der Waals surface area (Å²) in [7, 11) is 1.70. The third-order valence-electron chi connectivity index (χ3n) is 4.14. The zero-order valence-corrected chi connectivity index (χ0v) is 12.1. The molecule has 1 aromatic rings. The molecule has 2 unspecified atom stereocenters. The third kappa shape index (κ3) is 3.07. The quantitative estimate of drug-likeness (QED) is 0.898. The molecule has 0 amide bonds. The van der Waals surface area contributed by atoms with E-state index in [2.05, 4.69) is 11.4 Å². The van der Waals surface area contributed by atoms with Gasteiger partial charge in [-0.15, -0.1) is 0 Å². The van der Waals surface area contributed by atoms with Crippen LogP contribution in [0.2, 0.25) is 0 Å². The van der Waals surface area contributed by atoms with Gasteiger partial charge in [-0.05, 0) is 44.0 Å². The molecule has 1 fully saturated rings. The lowest BCUT2D eigenvalue weighted by Crippen LogP contribution is -2.29. The Bertz CT molecular complexity index is 443. The van der Waals surface area contributed by atoms with E-state index >= 15 is 0 Å². The van der Waals surface area contributed by atoms with E-state index in [0.717, 1.165) is 44.1 Å². The lowest BCUT2D eigenvalue weighted by molar-refractivity contribution is 0.103. The SMILES string of the molecule is COc1ccc2c(c1)C(NCCC1CCCO1)CCO2. The summed E-state index contributed by atoms with van der Waals surface area (Å²) in [6, 6.07) is 6.39. The Hall–Kier alpha value is -1.26. The van der Waals surface area contributed by atoms with Gasteiger partial charge in [0.15, 0.2) is 0 Å². The van der Waals surface area contributed by atoms with Gasteiger partial charge in [0.05, 0.1) is 19.8 Å². The second-order valence-electron chi connectivity index (χ2n) is 5.47. The summed E-state index contributed by atoms with van der Waals surface area (Å²) in [6.07, 6.45) is 4.97. The Labute approximate surface area is 120 Å². The lowest BCUT2D eigenvalue weighted by Gasteiger charge is -2.27. The first-order valence-corrected chi connectivity index (χ1v) is 7.52. The summed E-state index contributed by atoms with van der Waals surface area (Å²) < 4.78 is 16.7. The molecule has 0 saturated carbocycles. The molecule has 0 radical (unpaired) electrons. The van der Waals surface area contributed by atoms with Gasteiger partial charge in [0.25, 0.3) is 0 Å². The van der Waals surface area contributed by atoms with Crippen LogP contribution in [0, 0.1) is 0 Å². The largest absolute Gasteiger partial charge is 0.497 e. The number of fused-ring (bicyclic) bond motifs is 1. The molecule has 0 aliphatic carbocycles. The minimum Gasteiger partial charge on any atom is -0.497 e. The Morgan fingerprint density at radius 2 is 2.25 bits per heavy atom. The van der Waals surface area contributed by atoms with Crippen LogP contribution in [0.15, 0.2) is 18.2 Å². The molecule has 0 bridgehead atoms. The molecule has 4 heteroatoms. The molecular formula is C16H23NO3. The first-order valence-electron chi connectivity index (χ1n) is 7.52. The van der Waals surface area contributed by atoms with Crippen molar-refractivity contribution >= 4 is 0 Å². The number of hydrogen-bond acceptors (Lipinski definition) is 4. The molecule has 2 atom stereocenters. The molecule has 1 N–H and O–H groups in total. The molecule has 2 heterocycles. The maximum Gasteiger partial charge on any atom is 0.124 e. The van der Waals surface area contributed by atoms with Gasteiger partial charge in [-0.1, -0.05) is 0 Å². The average molecular weight is 277 g/mol. The number of benzene rings is 1. The van der Waals surface area contributed by atoms with Gasteiger partial charge in [-0.25, -0.2) is 0 Å². The summed E-state index contributed by atoms with van der Waals surface area (Å²) in [5.41, 5.74) is 1.21. The van der Waals surface area contributed by atoms with Crippen molar-refractivity contribution in [2.45, 2.75) is 37.8 Å². The van der Waals surface area contributed by atoms with E-state index in [1.165, 1.54) is 18.4 Å². The summed E-state index contributed by atoms with van der Waals surface area (Å²) in [6.45, 7) is 2.70. The number of methoxy groups -OCH3 is 1. The van der Waals surface area contributed by atoms with Crippen molar-refractivity contribution in [3.05, 3.63) is 23.8 Å². The molecule has 2 aliphatic heterocycles. The first-order chi connectivity index (χ1) is 9.86. The standard InChI is InChI=1S/C16H23NO3/c1-18-13-4-5-16-14(11-13)15(7-10-20-16)17-8-6-12-3-2-9-19-12/h4-5,11-12,15,17H,2-3,6-10H2,1H3. The molecule has 1 aromatic carbocycles. The number of rotatable bonds is 5. The predicted octanol–water partition coefficient (Wildman–Crippen LogP) is 2.68. The Balaban J connectivity index is 1.60. The number of ether oxygens (including phenoxy) is 3. The fourth-order valence-electron chi connectivity index (χ4n) is 3.00. The maximum absolute atomic E-state index is 5.71. The number of nitrogens with one attached hydrogen (secondary N) is 1. The van der Waals surface area contributed by atoms with E-state index < -0.39 is 0 Å². The van der Waals surface area contributed by atoms with Crippen LogP contribution in [0.4, 0.5) is 0 Å². The summed E-state index contributed by atoms with van der Waals surface area (Å²) in [5, 5.41) is 3.64. The van der Waals surface area contributed by atoms with Crippen molar-refractivity contribution in [3.8, 4) is 11.5 Å². The van der Waals surface area contributed by atoms with Crippen LogP contribution >= 0.6 is 0 Å². The van der Waals surface area contributed by atoms with Crippen LogP contribution in [-0.2, 0) is 4.74 Å². The van der Waals surface area contributed by atoms with Gasteiger partial charge in [-0.3, -0.25) is 0 Å². The second kappa shape index (κ2) is 6.46. The van der Waals surface area contributed by atoms with Gasteiger partial charge >= 0.3 is 0 Å². The first kappa shape index (κ1) is 13.7. The predicted molar refractivity (Wildman–Crippen MR) is 77.4 cm³/mol. The minimum atomic E-state index is 0.357. The molecule has 1 saturated heterocycles. The van der Waals surface area contributed by atoms with Crippen molar-refractivity contribution in [1.82, 2.24) is 5.32 Å². The highest BCUT2D eigenvalue weighted by atomic mass is 16.5. The van der Waals surface area contributed by atoms with Gasteiger partial charge in [0, 0.05) is 24.6 Å². The van der Waals surface area contributed by atoms with Crippen molar-refractivity contribution in [2.75, 3.05) is 26.9 Å². The van der Waals surface area contributed by atoms with Gasteiger partial charge < -0.3 is 19.5 Å². The van der Waals surface area contributed by atoms with E-state index in [1.807, 2.05) is 12.1 Å². The highest BCUT2D eigenvalue weighted by Gasteiger charge is 2.22. The molecule has 2 aliphatic rings. The van der Waals surface area contributed by atoms with E-state index in [9.17, 15) is 0 Å². The van der Waals surface area contributed by atoms with E-state index in [1.54, 1.807) is 7.11 Å². The normalized spacial score (nSPS) is 25.1. The molecule has 4 nitrogen and oxygen atoms in total. The van der Waals surface area contributed by atoms with Gasteiger partial charge in [0.1, 0.15) is 11.5 Å². The van der Waals surface area contributed by atoms with Crippen molar-refractivity contribution in [2.24, 2.45) is 0 Å². The van der Waals surface area contributed by atoms with Crippen molar-refractivity contribution in [3.63, 3.8) is 0 Å². The zero-order chi connectivity index (χ0) is 13.8. The van der Waals surface area contributed by atoms with E-state index in [-0.39, 0.29) is 0 Å². The molecule has 0 aromatic heterocycles. The minimum absolute atomic E-state index is 0.357. The maximum atomic E-state index is 5.71. The van der Waals surface area contributed by atoms with Crippen molar-refractivity contribution < 1.29 is 14.2 Å². The Kier molecular flexibility index (Phi) is 4.43. The highest BCUT2D eigenvalue weighted by Crippen LogP contribution is 2.34. The van der Waals surface area contributed by atoms with E-state index in [4.69, 9.17) is 14.2 Å². The molecule has 20 heavy (non-hydrogen) atoms. The average Bonchev–Trinajstić information content (AvgIpc) is 3.00. The van der Waals surface area contributed by atoms with Crippen LogP contribution in [0.5, 0.6) is 11.5 Å². The third-order valence-corrected chi connectivity index (χ3v) is 4.14. The Morgan fingerprint density at radius 1 is 1.30 bits per heavy atom.